The number of anilines is 1. The lowest BCUT2D eigenvalue weighted by atomic mass is 10.2. The molecule has 0 N–H and O–H groups in total. The van der Waals surface area contributed by atoms with Gasteiger partial charge in [-0.3, -0.25) is 14.7 Å². The highest BCUT2D eigenvalue weighted by Gasteiger charge is 2.26. The van der Waals surface area contributed by atoms with E-state index in [2.05, 4.69) is 9.97 Å². The van der Waals surface area contributed by atoms with Gasteiger partial charge in [0, 0.05) is 37.3 Å². The van der Waals surface area contributed by atoms with Crippen LogP contribution < -0.4 is 4.90 Å². The van der Waals surface area contributed by atoms with E-state index in [9.17, 15) is 21.6 Å². The molecule has 0 unspecified atom stereocenters. The molecule has 39 heavy (non-hydrogen) atoms. The maximum Gasteiger partial charge on any atom is 0.260 e. The molecule has 0 atom stereocenters. The lowest BCUT2D eigenvalue weighted by Gasteiger charge is -2.22. The molecule has 0 aliphatic rings. The summed E-state index contributed by atoms with van der Waals surface area (Å²) in [6.45, 7) is 4.89. The van der Waals surface area contributed by atoms with Crippen molar-refractivity contribution >= 4 is 52.5 Å². The molecule has 4 rings (SSSR count). The molecule has 0 saturated heterocycles. The lowest BCUT2D eigenvalue weighted by Crippen LogP contribution is -2.33. The molecule has 206 valence electrons. The zero-order chi connectivity index (χ0) is 28.2. The number of benzene rings is 2. The van der Waals surface area contributed by atoms with Crippen molar-refractivity contribution in [2.75, 3.05) is 24.2 Å². The fraction of sp³-hybridized carbons (Fsp3) is 0.296. The maximum absolute atomic E-state index is 13.8. The number of hydrogen-bond donors (Lipinski definition) is 0. The van der Waals surface area contributed by atoms with Crippen LogP contribution >= 0.6 is 11.3 Å². The summed E-state index contributed by atoms with van der Waals surface area (Å²) in [5.41, 5.74) is 1.64. The summed E-state index contributed by atoms with van der Waals surface area (Å²) in [5, 5.41) is 0.387. The number of pyridine rings is 1. The number of fused-ring (bicyclic) bond motifs is 1. The average molecular weight is 587 g/mol. The Kier molecular flexibility index (Phi) is 8.80. The van der Waals surface area contributed by atoms with Crippen LogP contribution in [0, 0.1) is 0 Å². The molecule has 0 spiro atoms. The molecule has 12 heteroatoms. The summed E-state index contributed by atoms with van der Waals surface area (Å²) in [6.07, 6.45) is 5.84. The molecular weight excluding hydrogens is 557 g/mol. The van der Waals surface area contributed by atoms with E-state index in [4.69, 9.17) is 0 Å². The Balaban J connectivity index is 1.71. The normalized spacial score (nSPS) is 12.2. The minimum atomic E-state index is -3.68. The molecule has 0 aliphatic heterocycles. The first-order valence-corrected chi connectivity index (χ1v) is 16.6. The van der Waals surface area contributed by atoms with Crippen molar-refractivity contribution in [3.8, 4) is 0 Å². The van der Waals surface area contributed by atoms with Gasteiger partial charge in [-0.05, 0) is 66.9 Å². The zero-order valence-electron chi connectivity index (χ0n) is 21.9. The zero-order valence-corrected chi connectivity index (χ0v) is 24.4. The minimum absolute atomic E-state index is 0.132. The van der Waals surface area contributed by atoms with E-state index in [1.807, 2.05) is 19.9 Å². The van der Waals surface area contributed by atoms with Crippen molar-refractivity contribution in [2.24, 2.45) is 0 Å². The third kappa shape index (κ3) is 6.52. The molecule has 0 bridgehead atoms. The SMILES string of the molecule is CCCN(CCC)S(=O)(=O)c1ccc(C(=O)N(Cc2cccnc2)c2nc3ccc(S(C)(=O)=O)cc3s2)cc1. The van der Waals surface area contributed by atoms with Crippen LogP contribution in [-0.4, -0.2) is 56.4 Å². The van der Waals surface area contributed by atoms with Gasteiger partial charge in [0.25, 0.3) is 5.91 Å². The minimum Gasteiger partial charge on any atom is -0.279 e. The second kappa shape index (κ2) is 11.9. The molecule has 4 aromatic rings. The third-order valence-corrected chi connectivity index (χ3v) is 10.1. The van der Waals surface area contributed by atoms with Crippen LogP contribution in [-0.2, 0) is 26.4 Å². The van der Waals surface area contributed by atoms with Crippen LogP contribution in [0.3, 0.4) is 0 Å². The molecule has 1 amide bonds. The highest BCUT2D eigenvalue weighted by Crippen LogP contribution is 2.32. The molecular formula is C27H30N4O5S3. The van der Waals surface area contributed by atoms with Gasteiger partial charge in [0.2, 0.25) is 10.0 Å². The maximum atomic E-state index is 13.8. The Labute approximate surface area is 233 Å². The van der Waals surface area contributed by atoms with Gasteiger partial charge in [-0.1, -0.05) is 31.3 Å². The van der Waals surface area contributed by atoms with E-state index >= 15 is 0 Å². The summed E-state index contributed by atoms with van der Waals surface area (Å²) in [5.74, 6) is -0.371. The van der Waals surface area contributed by atoms with Gasteiger partial charge in [-0.15, -0.1) is 0 Å². The molecule has 0 aliphatic carbocycles. The highest BCUT2D eigenvalue weighted by atomic mass is 32.2. The Morgan fingerprint density at radius 1 is 0.923 bits per heavy atom. The molecule has 2 heterocycles. The summed E-state index contributed by atoms with van der Waals surface area (Å²) in [4.78, 5) is 24.3. The van der Waals surface area contributed by atoms with Crippen molar-refractivity contribution in [3.63, 3.8) is 0 Å². The van der Waals surface area contributed by atoms with E-state index < -0.39 is 19.9 Å². The number of rotatable bonds is 11. The van der Waals surface area contributed by atoms with Crippen molar-refractivity contribution in [1.29, 1.82) is 0 Å². The first-order valence-electron chi connectivity index (χ1n) is 12.5. The fourth-order valence-corrected chi connectivity index (χ4v) is 7.41. The summed E-state index contributed by atoms with van der Waals surface area (Å²) in [6, 6.07) is 14.2. The molecule has 2 aromatic heterocycles. The number of carbonyl (C=O) groups is 1. The van der Waals surface area contributed by atoms with Crippen LogP contribution in [0.4, 0.5) is 5.13 Å². The van der Waals surface area contributed by atoms with Crippen LogP contribution in [0.2, 0.25) is 0 Å². The fourth-order valence-electron chi connectivity index (χ4n) is 4.06. The van der Waals surface area contributed by atoms with E-state index in [1.165, 1.54) is 50.9 Å². The number of amides is 1. The predicted molar refractivity (Wildman–Crippen MR) is 153 cm³/mol. The quantitative estimate of drug-likeness (QED) is 0.249. The molecule has 0 saturated carbocycles. The van der Waals surface area contributed by atoms with E-state index in [0.29, 0.717) is 46.8 Å². The first kappa shape index (κ1) is 28.8. The van der Waals surface area contributed by atoms with Crippen LogP contribution in [0.1, 0.15) is 42.6 Å². The number of aromatic nitrogens is 2. The van der Waals surface area contributed by atoms with Crippen molar-refractivity contribution in [2.45, 2.75) is 43.0 Å². The van der Waals surface area contributed by atoms with Crippen LogP contribution in [0.5, 0.6) is 0 Å². The van der Waals surface area contributed by atoms with Gasteiger partial charge in [0.1, 0.15) is 0 Å². The van der Waals surface area contributed by atoms with Gasteiger partial charge in [0.15, 0.2) is 15.0 Å². The van der Waals surface area contributed by atoms with Gasteiger partial charge in [-0.2, -0.15) is 4.31 Å². The summed E-state index contributed by atoms with van der Waals surface area (Å²) >= 11 is 1.21. The standard InChI is InChI=1S/C27H30N4O5S3/c1-4-15-30(16-5-2)39(35,36)22-10-8-21(9-11-22)26(32)31(19-20-7-6-14-28-18-20)27-29-24-13-12-23(38(3,33)34)17-25(24)37-27/h6-14,17-18H,4-5,15-16,19H2,1-3H3. The molecule has 0 radical (unpaired) electrons. The Morgan fingerprint density at radius 3 is 2.18 bits per heavy atom. The number of hydrogen-bond acceptors (Lipinski definition) is 8. The lowest BCUT2D eigenvalue weighted by molar-refractivity contribution is 0.0985. The van der Waals surface area contributed by atoms with Gasteiger partial charge >= 0.3 is 0 Å². The van der Waals surface area contributed by atoms with Gasteiger partial charge in [-0.25, -0.2) is 21.8 Å². The number of sulfonamides is 1. The summed E-state index contributed by atoms with van der Waals surface area (Å²) < 4.78 is 52.5. The highest BCUT2D eigenvalue weighted by molar-refractivity contribution is 7.90. The smallest absolute Gasteiger partial charge is 0.260 e. The second-order valence-corrected chi connectivity index (χ2v) is 14.0. The molecule has 9 nitrogen and oxygen atoms in total. The Hall–Kier alpha value is -3.19. The van der Waals surface area contributed by atoms with Crippen molar-refractivity contribution in [1.82, 2.24) is 14.3 Å². The summed E-state index contributed by atoms with van der Waals surface area (Å²) in [7, 11) is -7.09. The number of nitrogens with zero attached hydrogens (tertiary/aromatic N) is 4. The van der Waals surface area contributed by atoms with E-state index in [1.54, 1.807) is 30.6 Å². The number of thiazole rings is 1. The number of carbonyl (C=O) groups excluding carboxylic acids is 1. The average Bonchev–Trinajstić information content (AvgIpc) is 3.35. The number of sulfone groups is 1. The van der Waals surface area contributed by atoms with E-state index in [0.717, 1.165) is 11.8 Å². The van der Waals surface area contributed by atoms with E-state index in [-0.39, 0.29) is 22.2 Å². The molecule has 2 aromatic carbocycles. The van der Waals surface area contributed by atoms with Crippen molar-refractivity contribution in [3.05, 3.63) is 78.1 Å². The second-order valence-electron chi connectivity index (χ2n) is 9.08. The van der Waals surface area contributed by atoms with Gasteiger partial charge < -0.3 is 0 Å². The topological polar surface area (TPSA) is 118 Å². The van der Waals surface area contributed by atoms with Crippen LogP contribution in [0.25, 0.3) is 10.2 Å². The predicted octanol–water partition coefficient (Wildman–Crippen LogP) is 4.75. The third-order valence-electron chi connectivity index (χ3n) is 6.00. The largest absolute Gasteiger partial charge is 0.279 e. The molecule has 0 fully saturated rings. The van der Waals surface area contributed by atoms with Crippen molar-refractivity contribution < 1.29 is 21.6 Å². The Bertz CT molecular complexity index is 1660. The van der Waals surface area contributed by atoms with Gasteiger partial charge in [0.05, 0.1) is 26.6 Å². The Morgan fingerprint density at radius 2 is 1.59 bits per heavy atom. The monoisotopic (exact) mass is 586 g/mol. The first-order chi connectivity index (χ1) is 18.5. The van der Waals surface area contributed by atoms with Crippen LogP contribution in [0.15, 0.2) is 76.8 Å².